The van der Waals surface area contributed by atoms with Crippen molar-refractivity contribution in [2.75, 3.05) is 16.8 Å². The summed E-state index contributed by atoms with van der Waals surface area (Å²) < 4.78 is 21.0. The molecule has 1 heterocycles. The van der Waals surface area contributed by atoms with E-state index in [0.29, 0.717) is 34.8 Å². The number of hydrogen-bond acceptors (Lipinski definition) is 4. The van der Waals surface area contributed by atoms with Crippen molar-refractivity contribution in [1.82, 2.24) is 0 Å². The van der Waals surface area contributed by atoms with Crippen molar-refractivity contribution < 1.29 is 23.8 Å². The first kappa shape index (κ1) is 24.1. The Morgan fingerprint density at radius 2 is 1.68 bits per heavy atom. The Hall–Kier alpha value is -4.65. The van der Waals surface area contributed by atoms with Crippen LogP contribution in [0.4, 0.5) is 15.8 Å². The minimum absolute atomic E-state index is 0.0225. The molecule has 2 N–H and O–H groups in total. The highest BCUT2D eigenvalue weighted by Gasteiger charge is 2.28. The smallest absolute Gasteiger partial charge is 0.337 e. The van der Waals surface area contributed by atoms with Crippen molar-refractivity contribution in [3.63, 3.8) is 0 Å². The molecule has 4 aromatic rings. The maximum Gasteiger partial charge on any atom is 0.337 e. The summed E-state index contributed by atoms with van der Waals surface area (Å²) in [6.45, 7) is 2.44. The van der Waals surface area contributed by atoms with Crippen LogP contribution in [0, 0.1) is 12.7 Å². The SMILES string of the molecule is Cc1ccccc1C(=O)Nc1ccc(N2Cc3ccccc3OC(c3ccccc3F)C2)c(C(=O)O)c1. The molecule has 6 nitrogen and oxygen atoms in total. The molecule has 186 valence electrons. The zero-order valence-corrected chi connectivity index (χ0v) is 20.1. The van der Waals surface area contributed by atoms with Crippen LogP contribution in [-0.2, 0) is 6.54 Å². The number of hydrogen-bond donors (Lipinski definition) is 2. The van der Waals surface area contributed by atoms with Gasteiger partial charge in [-0.3, -0.25) is 4.79 Å². The summed E-state index contributed by atoms with van der Waals surface area (Å²) in [4.78, 5) is 27.0. The van der Waals surface area contributed by atoms with Crippen LogP contribution >= 0.6 is 0 Å². The van der Waals surface area contributed by atoms with Gasteiger partial charge in [0.1, 0.15) is 17.7 Å². The summed E-state index contributed by atoms with van der Waals surface area (Å²) in [6.07, 6.45) is -0.660. The van der Waals surface area contributed by atoms with Gasteiger partial charge in [0.25, 0.3) is 5.91 Å². The first-order valence-electron chi connectivity index (χ1n) is 11.9. The molecule has 0 saturated heterocycles. The first-order chi connectivity index (χ1) is 17.9. The van der Waals surface area contributed by atoms with Gasteiger partial charge >= 0.3 is 5.97 Å². The maximum atomic E-state index is 14.7. The minimum Gasteiger partial charge on any atom is -0.483 e. The lowest BCUT2D eigenvalue weighted by Crippen LogP contribution is -2.30. The van der Waals surface area contributed by atoms with Gasteiger partial charge in [-0.15, -0.1) is 0 Å². The number of anilines is 2. The lowest BCUT2D eigenvalue weighted by molar-refractivity contribution is 0.0697. The predicted octanol–water partition coefficient (Wildman–Crippen LogP) is 6.22. The minimum atomic E-state index is -1.14. The number of carboxylic acids is 1. The monoisotopic (exact) mass is 496 g/mol. The molecule has 0 saturated carbocycles. The molecule has 0 aromatic heterocycles. The second-order valence-corrected chi connectivity index (χ2v) is 8.92. The van der Waals surface area contributed by atoms with Crippen LogP contribution in [0.15, 0.2) is 91.0 Å². The van der Waals surface area contributed by atoms with Crippen LogP contribution in [0.1, 0.15) is 43.5 Å². The quantitative estimate of drug-likeness (QED) is 0.343. The summed E-state index contributed by atoms with van der Waals surface area (Å²) in [6, 6.07) is 25.9. The highest BCUT2D eigenvalue weighted by atomic mass is 19.1. The molecule has 0 aliphatic carbocycles. The number of fused-ring (bicyclic) bond motifs is 1. The van der Waals surface area contributed by atoms with E-state index in [4.69, 9.17) is 4.74 Å². The molecule has 5 rings (SSSR count). The Morgan fingerprint density at radius 1 is 0.946 bits per heavy atom. The van der Waals surface area contributed by atoms with E-state index in [1.165, 1.54) is 12.1 Å². The standard InChI is InChI=1S/C30H25FN2O4/c1-19-8-2-4-10-22(19)29(34)32-21-14-15-26(24(16-21)30(35)36)33-17-20-9-3-7-13-27(20)37-28(18-33)23-11-5-6-12-25(23)31/h2-16,28H,17-18H2,1H3,(H,32,34)(H,35,36). The van der Waals surface area contributed by atoms with Gasteiger partial charge in [-0.05, 0) is 48.9 Å². The number of halogens is 1. The molecule has 0 bridgehead atoms. The third kappa shape index (κ3) is 5.02. The average molecular weight is 497 g/mol. The number of aromatic carboxylic acids is 1. The van der Waals surface area contributed by atoms with E-state index in [9.17, 15) is 19.1 Å². The van der Waals surface area contributed by atoms with E-state index in [1.54, 1.807) is 42.5 Å². The Bertz CT molecular complexity index is 1490. The molecule has 0 fully saturated rings. The first-order valence-corrected chi connectivity index (χ1v) is 11.9. The normalized spacial score (nSPS) is 14.8. The van der Waals surface area contributed by atoms with Gasteiger partial charge in [-0.25, -0.2) is 9.18 Å². The van der Waals surface area contributed by atoms with Gasteiger partial charge in [0.15, 0.2) is 0 Å². The maximum absolute atomic E-state index is 14.7. The number of rotatable bonds is 5. The predicted molar refractivity (Wildman–Crippen MR) is 140 cm³/mol. The van der Waals surface area contributed by atoms with E-state index in [-0.39, 0.29) is 23.8 Å². The highest BCUT2D eigenvalue weighted by molar-refractivity contribution is 6.06. The van der Waals surface area contributed by atoms with Crippen LogP contribution in [0.3, 0.4) is 0 Å². The molecule has 1 atom stereocenters. The summed E-state index contributed by atoms with van der Waals surface area (Å²) in [5, 5.41) is 12.9. The van der Waals surface area contributed by atoms with E-state index >= 15 is 0 Å². The number of carbonyl (C=O) groups excluding carboxylic acids is 1. The second-order valence-electron chi connectivity index (χ2n) is 8.92. The molecule has 4 aromatic carbocycles. The number of aryl methyl sites for hydroxylation is 1. The van der Waals surface area contributed by atoms with E-state index in [2.05, 4.69) is 5.32 Å². The number of amides is 1. The van der Waals surface area contributed by atoms with Crippen LogP contribution in [0.5, 0.6) is 5.75 Å². The fourth-order valence-corrected chi connectivity index (χ4v) is 4.58. The fourth-order valence-electron chi connectivity index (χ4n) is 4.58. The fraction of sp³-hybridized carbons (Fsp3) is 0.133. The van der Waals surface area contributed by atoms with Gasteiger partial charge in [-0.2, -0.15) is 0 Å². The van der Waals surface area contributed by atoms with Crippen molar-refractivity contribution in [3.8, 4) is 5.75 Å². The van der Waals surface area contributed by atoms with Gasteiger partial charge in [0, 0.05) is 28.9 Å². The van der Waals surface area contributed by atoms with Crippen LogP contribution in [0.25, 0.3) is 0 Å². The van der Waals surface area contributed by atoms with Crippen molar-refractivity contribution in [2.45, 2.75) is 19.6 Å². The molecule has 1 aliphatic heterocycles. The average Bonchev–Trinajstić information content (AvgIpc) is 3.09. The van der Waals surface area contributed by atoms with Crippen LogP contribution in [0.2, 0.25) is 0 Å². The number of nitrogens with one attached hydrogen (secondary N) is 1. The molecule has 1 aliphatic rings. The number of ether oxygens (including phenoxy) is 1. The third-order valence-electron chi connectivity index (χ3n) is 6.46. The molecular weight excluding hydrogens is 471 g/mol. The van der Waals surface area contributed by atoms with Gasteiger partial charge in [0.05, 0.1) is 17.8 Å². The molecule has 0 spiro atoms. The number of nitrogens with zero attached hydrogens (tertiary/aromatic N) is 1. The van der Waals surface area contributed by atoms with Crippen molar-refractivity contribution in [3.05, 3.63) is 125 Å². The zero-order valence-electron chi connectivity index (χ0n) is 20.1. The van der Waals surface area contributed by atoms with Gasteiger partial charge < -0.3 is 20.1 Å². The Morgan fingerprint density at radius 3 is 2.46 bits per heavy atom. The van der Waals surface area contributed by atoms with Crippen LogP contribution < -0.4 is 15.0 Å². The molecule has 7 heteroatoms. The number of carboxylic acid groups (broad SMARTS) is 1. The summed E-state index contributed by atoms with van der Waals surface area (Å²) >= 11 is 0. The van der Waals surface area contributed by atoms with E-state index < -0.39 is 12.1 Å². The van der Waals surface area contributed by atoms with Crippen molar-refractivity contribution in [2.24, 2.45) is 0 Å². The molecular formula is C30H25FN2O4. The molecule has 1 unspecified atom stereocenters. The van der Waals surface area contributed by atoms with E-state index in [0.717, 1.165) is 11.1 Å². The topological polar surface area (TPSA) is 78.9 Å². The summed E-state index contributed by atoms with van der Waals surface area (Å²) in [5.41, 5.74) is 3.41. The Kier molecular flexibility index (Phi) is 6.60. The molecule has 37 heavy (non-hydrogen) atoms. The largest absolute Gasteiger partial charge is 0.483 e. The Balaban J connectivity index is 1.51. The zero-order chi connectivity index (χ0) is 25.9. The van der Waals surface area contributed by atoms with Crippen molar-refractivity contribution in [1.29, 1.82) is 0 Å². The van der Waals surface area contributed by atoms with E-state index in [1.807, 2.05) is 48.2 Å². The second kappa shape index (κ2) is 10.1. The summed E-state index contributed by atoms with van der Waals surface area (Å²) in [5.74, 6) is -1.22. The number of carbonyl (C=O) groups is 2. The van der Waals surface area contributed by atoms with Gasteiger partial charge in [0.2, 0.25) is 0 Å². The number of para-hydroxylation sites is 1. The summed E-state index contributed by atoms with van der Waals surface area (Å²) in [7, 11) is 0. The van der Waals surface area contributed by atoms with Crippen LogP contribution in [-0.4, -0.2) is 23.5 Å². The van der Waals surface area contributed by atoms with Gasteiger partial charge in [-0.1, -0.05) is 54.6 Å². The molecule has 0 radical (unpaired) electrons. The lowest BCUT2D eigenvalue weighted by atomic mass is 10.1. The third-order valence-corrected chi connectivity index (χ3v) is 6.46. The number of benzene rings is 4. The highest BCUT2D eigenvalue weighted by Crippen LogP contribution is 2.36. The van der Waals surface area contributed by atoms with Crippen molar-refractivity contribution >= 4 is 23.3 Å². The molecule has 1 amide bonds. The Labute approximate surface area is 213 Å². The lowest BCUT2D eigenvalue weighted by Gasteiger charge is -2.28.